The Bertz CT molecular complexity index is 610. The first kappa shape index (κ1) is 14.2. The molecule has 20 heavy (non-hydrogen) atoms. The number of aromatic nitrogens is 2. The van der Waals surface area contributed by atoms with Crippen LogP contribution in [0.15, 0.2) is 18.2 Å². The van der Waals surface area contributed by atoms with Gasteiger partial charge in [-0.05, 0) is 43.2 Å². The number of halogens is 2. The van der Waals surface area contributed by atoms with E-state index in [0.29, 0.717) is 16.9 Å². The quantitative estimate of drug-likeness (QED) is 0.677. The molecule has 1 aromatic carbocycles. The predicted molar refractivity (Wildman–Crippen MR) is 85.5 cm³/mol. The number of para-hydroxylation sites is 1. The fraction of sp³-hybridized carbons (Fsp3) is 0.562. The summed E-state index contributed by atoms with van der Waals surface area (Å²) >= 11 is 12.4. The molecule has 1 saturated carbocycles. The monoisotopic (exact) mass is 310 g/mol. The van der Waals surface area contributed by atoms with Crippen LogP contribution in [-0.2, 0) is 5.88 Å². The summed E-state index contributed by atoms with van der Waals surface area (Å²) in [4.78, 5) is 4.66. The third-order valence-electron chi connectivity index (χ3n) is 4.38. The maximum atomic E-state index is 6.28. The van der Waals surface area contributed by atoms with E-state index in [-0.39, 0.29) is 0 Å². The van der Waals surface area contributed by atoms with Gasteiger partial charge in [-0.15, -0.1) is 11.6 Å². The van der Waals surface area contributed by atoms with Crippen molar-refractivity contribution in [3.05, 3.63) is 29.0 Å². The molecule has 4 heteroatoms. The molecule has 3 rings (SSSR count). The van der Waals surface area contributed by atoms with Gasteiger partial charge in [0.1, 0.15) is 11.3 Å². The summed E-state index contributed by atoms with van der Waals surface area (Å²) in [6.07, 6.45) is 3.72. The number of rotatable bonds is 2. The SMILES string of the molecule is CC1CC(C)CC(n2c(CCl)nc3c(Cl)cccc32)C1. The van der Waals surface area contributed by atoms with Crippen LogP contribution in [0.25, 0.3) is 11.0 Å². The summed E-state index contributed by atoms with van der Waals surface area (Å²) < 4.78 is 2.33. The van der Waals surface area contributed by atoms with Crippen LogP contribution in [0, 0.1) is 11.8 Å². The Balaban J connectivity index is 2.12. The lowest BCUT2D eigenvalue weighted by atomic mass is 9.80. The zero-order chi connectivity index (χ0) is 14.3. The Morgan fingerprint density at radius 1 is 1.20 bits per heavy atom. The van der Waals surface area contributed by atoms with E-state index in [1.165, 1.54) is 19.3 Å². The summed E-state index contributed by atoms with van der Waals surface area (Å²) in [5, 5.41) is 0.713. The van der Waals surface area contributed by atoms with Gasteiger partial charge in [0, 0.05) is 6.04 Å². The normalized spacial score (nSPS) is 27.1. The van der Waals surface area contributed by atoms with E-state index in [0.717, 1.165) is 28.7 Å². The van der Waals surface area contributed by atoms with Gasteiger partial charge in [0.15, 0.2) is 0 Å². The van der Waals surface area contributed by atoms with E-state index >= 15 is 0 Å². The molecule has 1 aliphatic carbocycles. The highest BCUT2D eigenvalue weighted by molar-refractivity contribution is 6.35. The number of alkyl halides is 1. The highest BCUT2D eigenvalue weighted by Gasteiger charge is 2.28. The first-order valence-corrected chi connectivity index (χ1v) is 8.22. The zero-order valence-corrected chi connectivity index (χ0v) is 13.5. The maximum absolute atomic E-state index is 6.28. The van der Waals surface area contributed by atoms with Gasteiger partial charge in [-0.1, -0.05) is 31.5 Å². The topological polar surface area (TPSA) is 17.8 Å². The van der Waals surface area contributed by atoms with Crippen molar-refractivity contribution in [1.82, 2.24) is 9.55 Å². The van der Waals surface area contributed by atoms with Crippen molar-refractivity contribution in [1.29, 1.82) is 0 Å². The molecular weight excluding hydrogens is 291 g/mol. The molecule has 0 amide bonds. The third kappa shape index (κ3) is 2.44. The molecule has 2 atom stereocenters. The summed E-state index contributed by atoms with van der Waals surface area (Å²) in [7, 11) is 0. The predicted octanol–water partition coefficient (Wildman–Crippen LogP) is 5.43. The highest BCUT2D eigenvalue weighted by atomic mass is 35.5. The Hall–Kier alpha value is -0.730. The first-order valence-electron chi connectivity index (χ1n) is 7.31. The van der Waals surface area contributed by atoms with E-state index in [4.69, 9.17) is 23.2 Å². The van der Waals surface area contributed by atoms with Gasteiger partial charge >= 0.3 is 0 Å². The molecule has 0 bridgehead atoms. The smallest absolute Gasteiger partial charge is 0.125 e. The molecule has 2 nitrogen and oxygen atoms in total. The number of hydrogen-bond donors (Lipinski definition) is 0. The minimum absolute atomic E-state index is 0.435. The minimum atomic E-state index is 0.435. The summed E-state index contributed by atoms with van der Waals surface area (Å²) in [6, 6.07) is 6.49. The molecule has 2 aromatic rings. The first-order chi connectivity index (χ1) is 9.60. The summed E-state index contributed by atoms with van der Waals surface area (Å²) in [5.41, 5.74) is 2.01. The van der Waals surface area contributed by atoms with Crippen molar-refractivity contribution in [3.8, 4) is 0 Å². The minimum Gasteiger partial charge on any atom is -0.324 e. The van der Waals surface area contributed by atoms with E-state index in [1.807, 2.05) is 12.1 Å². The number of fused-ring (bicyclic) bond motifs is 1. The number of benzene rings is 1. The van der Waals surface area contributed by atoms with Gasteiger partial charge in [0.2, 0.25) is 0 Å². The van der Waals surface area contributed by atoms with Crippen LogP contribution < -0.4 is 0 Å². The van der Waals surface area contributed by atoms with Crippen molar-refractivity contribution >= 4 is 34.2 Å². The number of hydrogen-bond acceptors (Lipinski definition) is 1. The molecule has 1 heterocycles. The summed E-state index contributed by atoms with van der Waals surface area (Å²) in [5.74, 6) is 2.89. The van der Waals surface area contributed by atoms with Gasteiger partial charge < -0.3 is 4.57 Å². The second kappa shape index (κ2) is 5.57. The molecule has 108 valence electrons. The number of nitrogens with zero attached hydrogens (tertiary/aromatic N) is 2. The molecule has 0 aliphatic heterocycles. The number of imidazole rings is 1. The Labute approximate surface area is 130 Å². The average molecular weight is 311 g/mol. The van der Waals surface area contributed by atoms with E-state index in [9.17, 15) is 0 Å². The molecule has 1 aromatic heterocycles. The lowest BCUT2D eigenvalue weighted by Crippen LogP contribution is -2.23. The van der Waals surface area contributed by atoms with Gasteiger partial charge in [0.25, 0.3) is 0 Å². The fourth-order valence-electron chi connectivity index (χ4n) is 3.75. The van der Waals surface area contributed by atoms with E-state index in [2.05, 4.69) is 29.5 Å². The standard InChI is InChI=1S/C16H20Cl2N2/c1-10-6-11(2)8-12(7-10)20-14-5-3-4-13(18)16(14)19-15(20)9-17/h3-5,10-12H,6-9H2,1-2H3. The van der Waals surface area contributed by atoms with Crippen molar-refractivity contribution < 1.29 is 0 Å². The van der Waals surface area contributed by atoms with Gasteiger partial charge in [-0.25, -0.2) is 4.98 Å². The molecular formula is C16H20Cl2N2. The Morgan fingerprint density at radius 3 is 2.55 bits per heavy atom. The zero-order valence-electron chi connectivity index (χ0n) is 11.9. The Morgan fingerprint density at radius 2 is 1.90 bits per heavy atom. The van der Waals surface area contributed by atoms with Crippen molar-refractivity contribution in [3.63, 3.8) is 0 Å². The maximum Gasteiger partial charge on any atom is 0.125 e. The molecule has 0 radical (unpaired) electrons. The van der Waals surface area contributed by atoms with Crippen molar-refractivity contribution in [2.75, 3.05) is 0 Å². The van der Waals surface area contributed by atoms with Gasteiger partial charge in [-0.3, -0.25) is 0 Å². The second-order valence-electron chi connectivity index (χ2n) is 6.21. The summed E-state index contributed by atoms with van der Waals surface area (Å²) in [6.45, 7) is 4.68. The second-order valence-corrected chi connectivity index (χ2v) is 6.88. The van der Waals surface area contributed by atoms with Crippen LogP contribution in [0.1, 0.15) is 45.0 Å². The molecule has 1 fully saturated rings. The lowest BCUT2D eigenvalue weighted by Gasteiger charge is -2.33. The van der Waals surface area contributed by atoms with Gasteiger partial charge in [0.05, 0.1) is 16.4 Å². The fourth-order valence-corrected chi connectivity index (χ4v) is 4.15. The average Bonchev–Trinajstić information content (AvgIpc) is 2.77. The van der Waals surface area contributed by atoms with Crippen LogP contribution in [0.2, 0.25) is 5.02 Å². The Kier molecular flexibility index (Phi) is 3.96. The molecule has 2 unspecified atom stereocenters. The van der Waals surface area contributed by atoms with Crippen LogP contribution in [0.4, 0.5) is 0 Å². The molecule has 1 aliphatic rings. The largest absolute Gasteiger partial charge is 0.324 e. The van der Waals surface area contributed by atoms with Crippen LogP contribution in [0.5, 0.6) is 0 Å². The molecule has 0 spiro atoms. The molecule has 0 N–H and O–H groups in total. The van der Waals surface area contributed by atoms with E-state index in [1.54, 1.807) is 0 Å². The van der Waals surface area contributed by atoms with Crippen molar-refractivity contribution in [2.24, 2.45) is 11.8 Å². The van der Waals surface area contributed by atoms with Crippen LogP contribution in [0.3, 0.4) is 0 Å². The lowest BCUT2D eigenvalue weighted by molar-refractivity contribution is 0.222. The molecule has 0 saturated heterocycles. The van der Waals surface area contributed by atoms with Gasteiger partial charge in [-0.2, -0.15) is 0 Å². The van der Waals surface area contributed by atoms with Crippen LogP contribution in [-0.4, -0.2) is 9.55 Å². The van der Waals surface area contributed by atoms with E-state index < -0.39 is 0 Å². The van der Waals surface area contributed by atoms with Crippen LogP contribution >= 0.6 is 23.2 Å². The third-order valence-corrected chi connectivity index (χ3v) is 4.93. The highest BCUT2D eigenvalue weighted by Crippen LogP contribution is 2.39. The van der Waals surface area contributed by atoms with Crippen molar-refractivity contribution in [2.45, 2.75) is 45.0 Å².